The van der Waals surface area contributed by atoms with Gasteiger partial charge in [-0.1, -0.05) is 6.92 Å². The smallest absolute Gasteiger partial charge is 0.163 e. The van der Waals surface area contributed by atoms with Crippen LogP contribution in [-0.2, 0) is 0 Å². The van der Waals surface area contributed by atoms with Crippen molar-refractivity contribution in [3.05, 3.63) is 29.8 Å². The predicted octanol–water partition coefficient (Wildman–Crippen LogP) is 1.32. The summed E-state index contributed by atoms with van der Waals surface area (Å²) in [5, 5.41) is 4.30. The number of likely N-dealkylation sites (N-methyl/N-ethyl adjacent to an activating group) is 1. The predicted molar refractivity (Wildman–Crippen MR) is 88.2 cm³/mol. The van der Waals surface area contributed by atoms with Crippen LogP contribution in [0.5, 0.6) is 0 Å². The van der Waals surface area contributed by atoms with Crippen LogP contribution in [0.3, 0.4) is 0 Å². The number of piperazine rings is 1. The van der Waals surface area contributed by atoms with Gasteiger partial charge >= 0.3 is 0 Å². The Morgan fingerprint density at radius 2 is 1.87 bits per heavy atom. The van der Waals surface area contributed by atoms with E-state index in [2.05, 4.69) is 31.8 Å². The zero-order chi connectivity index (χ0) is 16.4. The molecule has 3 heterocycles. The van der Waals surface area contributed by atoms with E-state index in [1.54, 1.807) is 24.1 Å². The van der Waals surface area contributed by atoms with E-state index in [1.807, 2.05) is 13.0 Å². The minimum atomic E-state index is 0.0127. The van der Waals surface area contributed by atoms with Crippen LogP contribution in [0.2, 0.25) is 0 Å². The van der Waals surface area contributed by atoms with Gasteiger partial charge in [0.1, 0.15) is 12.1 Å². The highest BCUT2D eigenvalue weighted by molar-refractivity contribution is 5.95. The molecule has 0 spiro atoms. The number of hydrogen-bond donors (Lipinski definition) is 0. The van der Waals surface area contributed by atoms with Gasteiger partial charge in [0.2, 0.25) is 0 Å². The second-order valence-electron chi connectivity index (χ2n) is 5.77. The summed E-state index contributed by atoms with van der Waals surface area (Å²) in [4.78, 5) is 25.0. The largest absolute Gasteiger partial charge is 0.354 e. The van der Waals surface area contributed by atoms with Crippen molar-refractivity contribution >= 4 is 11.6 Å². The summed E-state index contributed by atoms with van der Waals surface area (Å²) >= 11 is 0. The summed E-state index contributed by atoms with van der Waals surface area (Å²) in [6.45, 7) is 10.7. The minimum Gasteiger partial charge on any atom is -0.354 e. The molecule has 2 aromatic heterocycles. The maximum Gasteiger partial charge on any atom is 0.163 e. The summed E-state index contributed by atoms with van der Waals surface area (Å²) in [6, 6.07) is 1.94. The Morgan fingerprint density at radius 3 is 2.48 bits per heavy atom. The molecule has 0 radical (unpaired) electrons. The fraction of sp³-hybridized carbons (Fsp3) is 0.500. The molecule has 0 aromatic carbocycles. The van der Waals surface area contributed by atoms with Crippen molar-refractivity contribution in [2.24, 2.45) is 0 Å². The minimum absolute atomic E-state index is 0.0127. The first kappa shape index (κ1) is 15.6. The highest BCUT2D eigenvalue weighted by Gasteiger charge is 2.18. The second-order valence-corrected chi connectivity index (χ2v) is 5.77. The molecule has 0 N–H and O–H groups in total. The quantitative estimate of drug-likeness (QED) is 0.793. The molecule has 7 nitrogen and oxygen atoms in total. The highest BCUT2D eigenvalue weighted by atomic mass is 16.1. The third-order valence-electron chi connectivity index (χ3n) is 4.39. The van der Waals surface area contributed by atoms with Crippen LogP contribution < -0.4 is 4.90 Å². The van der Waals surface area contributed by atoms with Crippen molar-refractivity contribution in [2.75, 3.05) is 37.6 Å². The van der Waals surface area contributed by atoms with Crippen molar-refractivity contribution in [3.8, 4) is 5.82 Å². The Hall–Kier alpha value is -2.28. The molecule has 1 fully saturated rings. The number of carbonyl (C=O) groups is 1. The van der Waals surface area contributed by atoms with E-state index in [4.69, 9.17) is 0 Å². The van der Waals surface area contributed by atoms with Gasteiger partial charge in [0.05, 0.1) is 17.5 Å². The molecule has 122 valence electrons. The fourth-order valence-corrected chi connectivity index (χ4v) is 2.91. The van der Waals surface area contributed by atoms with E-state index in [9.17, 15) is 4.79 Å². The Kier molecular flexibility index (Phi) is 4.38. The lowest BCUT2D eigenvalue weighted by Gasteiger charge is -2.34. The molecule has 23 heavy (non-hydrogen) atoms. The monoisotopic (exact) mass is 314 g/mol. The Balaban J connectivity index is 1.85. The van der Waals surface area contributed by atoms with Gasteiger partial charge in [0.15, 0.2) is 11.6 Å². The number of ketones is 1. The summed E-state index contributed by atoms with van der Waals surface area (Å²) in [7, 11) is 0. The van der Waals surface area contributed by atoms with Gasteiger partial charge in [-0.3, -0.25) is 4.79 Å². The third-order valence-corrected chi connectivity index (χ3v) is 4.39. The molecule has 3 rings (SSSR count). The molecule has 1 aliphatic heterocycles. The molecule has 0 unspecified atom stereocenters. The van der Waals surface area contributed by atoms with Crippen LogP contribution in [0, 0.1) is 6.92 Å². The van der Waals surface area contributed by atoms with Gasteiger partial charge in [-0.05, 0) is 20.4 Å². The summed E-state index contributed by atoms with van der Waals surface area (Å²) in [5.74, 6) is 1.61. The number of carbonyl (C=O) groups excluding carboxylic acids is 1. The number of anilines is 1. The zero-order valence-electron chi connectivity index (χ0n) is 13.9. The van der Waals surface area contributed by atoms with Crippen molar-refractivity contribution < 1.29 is 4.79 Å². The van der Waals surface area contributed by atoms with Crippen molar-refractivity contribution in [3.63, 3.8) is 0 Å². The van der Waals surface area contributed by atoms with Gasteiger partial charge in [0, 0.05) is 32.2 Å². The lowest BCUT2D eigenvalue weighted by molar-refractivity contribution is 0.101. The zero-order valence-corrected chi connectivity index (χ0v) is 13.9. The van der Waals surface area contributed by atoms with E-state index >= 15 is 0 Å². The standard InChI is InChI=1S/C16H22N6O/c1-4-20-5-7-21(8-6-20)15-9-16(18-11-17-15)22-12(2)14(10-19-22)13(3)23/h9-11H,4-8H2,1-3H3. The van der Waals surface area contributed by atoms with E-state index < -0.39 is 0 Å². The van der Waals surface area contributed by atoms with Crippen LogP contribution in [-0.4, -0.2) is 63.2 Å². The number of rotatable bonds is 4. The average Bonchev–Trinajstić information content (AvgIpc) is 2.97. The Bertz CT molecular complexity index is 702. The van der Waals surface area contributed by atoms with Crippen LogP contribution in [0.1, 0.15) is 29.9 Å². The Labute approximate surface area is 135 Å². The molecular weight excluding hydrogens is 292 g/mol. The average molecular weight is 314 g/mol. The van der Waals surface area contributed by atoms with Crippen molar-refractivity contribution in [1.82, 2.24) is 24.6 Å². The van der Waals surface area contributed by atoms with E-state index in [0.717, 1.165) is 44.2 Å². The van der Waals surface area contributed by atoms with Crippen LogP contribution in [0.25, 0.3) is 5.82 Å². The lowest BCUT2D eigenvalue weighted by atomic mass is 10.2. The van der Waals surface area contributed by atoms with Crippen molar-refractivity contribution in [2.45, 2.75) is 20.8 Å². The molecule has 0 atom stereocenters. The SMILES string of the molecule is CCN1CCN(c2cc(-n3ncc(C(C)=O)c3C)ncn2)CC1. The van der Waals surface area contributed by atoms with Crippen LogP contribution >= 0.6 is 0 Å². The summed E-state index contributed by atoms with van der Waals surface area (Å²) in [5.41, 5.74) is 1.43. The maximum absolute atomic E-state index is 11.6. The van der Waals surface area contributed by atoms with E-state index in [-0.39, 0.29) is 5.78 Å². The Morgan fingerprint density at radius 1 is 1.17 bits per heavy atom. The molecule has 1 saturated heterocycles. The molecule has 0 bridgehead atoms. The number of Topliss-reactive ketones (excluding diaryl/α,β-unsaturated/α-hetero) is 1. The van der Waals surface area contributed by atoms with Gasteiger partial charge in [0.25, 0.3) is 0 Å². The number of aromatic nitrogens is 4. The topological polar surface area (TPSA) is 67.2 Å². The van der Waals surface area contributed by atoms with Gasteiger partial charge in [-0.15, -0.1) is 0 Å². The number of hydrogen-bond acceptors (Lipinski definition) is 6. The first-order valence-electron chi connectivity index (χ1n) is 7.95. The summed E-state index contributed by atoms with van der Waals surface area (Å²) in [6.07, 6.45) is 3.16. The summed E-state index contributed by atoms with van der Waals surface area (Å²) < 4.78 is 1.70. The molecule has 0 aliphatic carbocycles. The molecule has 1 aliphatic rings. The maximum atomic E-state index is 11.6. The number of nitrogens with zero attached hydrogens (tertiary/aromatic N) is 6. The molecular formula is C16H22N6O. The van der Waals surface area contributed by atoms with Crippen LogP contribution in [0.15, 0.2) is 18.6 Å². The fourth-order valence-electron chi connectivity index (χ4n) is 2.91. The molecule has 0 amide bonds. The highest BCUT2D eigenvalue weighted by Crippen LogP contribution is 2.18. The molecule has 7 heteroatoms. The first-order valence-corrected chi connectivity index (χ1v) is 7.95. The van der Waals surface area contributed by atoms with Gasteiger partial charge < -0.3 is 9.80 Å². The normalized spacial score (nSPS) is 15.9. The van der Waals surface area contributed by atoms with Gasteiger partial charge in [-0.25, -0.2) is 14.6 Å². The van der Waals surface area contributed by atoms with Gasteiger partial charge in [-0.2, -0.15) is 5.10 Å². The van der Waals surface area contributed by atoms with E-state index in [0.29, 0.717) is 11.4 Å². The lowest BCUT2D eigenvalue weighted by Crippen LogP contribution is -2.46. The first-order chi connectivity index (χ1) is 11.1. The third kappa shape index (κ3) is 3.10. The van der Waals surface area contributed by atoms with Crippen molar-refractivity contribution in [1.29, 1.82) is 0 Å². The molecule has 0 saturated carbocycles. The van der Waals surface area contributed by atoms with E-state index in [1.165, 1.54) is 0 Å². The second kappa shape index (κ2) is 6.45. The molecule has 2 aromatic rings. The van der Waals surface area contributed by atoms with Crippen LogP contribution in [0.4, 0.5) is 5.82 Å².